The molecular weight excluding hydrogens is 733 g/mol. The largest absolute Gasteiger partial charge is 0.505 e. The fraction of sp³-hybridized carbons (Fsp3) is 0.463. The zero-order valence-corrected chi connectivity index (χ0v) is 33.6. The van der Waals surface area contributed by atoms with Crippen molar-refractivity contribution in [1.29, 1.82) is 0 Å². The van der Waals surface area contributed by atoms with Gasteiger partial charge < -0.3 is 35.2 Å². The number of carbonyl (C=O) groups excluding carboxylic acids is 4. The second kappa shape index (κ2) is 20.5. The number of hydrogen-bond donors (Lipinski definition) is 4. The molecule has 2 aromatic carbocycles. The number of hydrogen-bond acceptors (Lipinski definition) is 8. The predicted molar refractivity (Wildman–Crippen MR) is 210 cm³/mol. The van der Waals surface area contributed by atoms with E-state index in [1.807, 2.05) is 76.3 Å². The van der Waals surface area contributed by atoms with Crippen LogP contribution in [0.1, 0.15) is 71.6 Å². The molecule has 0 aliphatic carbocycles. The maximum absolute atomic E-state index is 14.2. The Morgan fingerprint density at radius 2 is 1.65 bits per heavy atom. The Kier molecular flexibility index (Phi) is 16.8. The van der Waals surface area contributed by atoms with Crippen LogP contribution in [0.5, 0.6) is 5.75 Å². The fourth-order valence-electron chi connectivity index (χ4n) is 6.26. The summed E-state index contributed by atoms with van der Waals surface area (Å²) in [5.41, 5.74) is 2.38. The minimum Gasteiger partial charge on any atom is -0.505 e. The van der Waals surface area contributed by atoms with Gasteiger partial charge >= 0.3 is 5.97 Å². The molecule has 1 aliphatic rings. The van der Waals surface area contributed by atoms with Crippen molar-refractivity contribution in [3.05, 3.63) is 99.1 Å². The van der Waals surface area contributed by atoms with Crippen LogP contribution in [0.3, 0.4) is 0 Å². The molecule has 3 amide bonds. The summed E-state index contributed by atoms with van der Waals surface area (Å²) in [6.45, 7) is 10.5. The molecule has 54 heavy (non-hydrogen) atoms. The lowest BCUT2D eigenvalue weighted by atomic mass is 9.95. The first-order valence-electron chi connectivity index (χ1n) is 18.0. The third-order valence-electron chi connectivity index (χ3n) is 9.76. The molecule has 2 aromatic rings. The molecular formula is C41H53Cl2N3O8. The highest BCUT2D eigenvalue weighted by atomic mass is 35.5. The Labute approximate surface area is 328 Å². The SMILES string of the molecule is CC[C@H](C)[C@H]1C(=O)NC(Cc2cc(Cl)c(O)c(Cl)c2)C(=O)N[C@@H]([C@@H](C)O)C(=O)O[C@H](c2ccccc2)[C@H](C)/C=C/C=C(\C)[C@H](OC)C/C=C(\C)C(=O)N1C. The monoisotopic (exact) mass is 785 g/mol. The number of cyclic esters (lactones) is 1. The second-order valence-electron chi connectivity index (χ2n) is 13.9. The number of esters is 1. The van der Waals surface area contributed by atoms with Gasteiger partial charge in [0, 0.05) is 32.1 Å². The summed E-state index contributed by atoms with van der Waals surface area (Å²) in [6, 6.07) is 8.04. The van der Waals surface area contributed by atoms with E-state index < -0.39 is 48.1 Å². The third kappa shape index (κ3) is 11.7. The number of benzene rings is 2. The van der Waals surface area contributed by atoms with Gasteiger partial charge in [-0.2, -0.15) is 0 Å². The van der Waals surface area contributed by atoms with E-state index in [-0.39, 0.29) is 46.1 Å². The quantitative estimate of drug-likeness (QED) is 0.240. The molecule has 8 atom stereocenters. The summed E-state index contributed by atoms with van der Waals surface area (Å²) in [7, 11) is 3.12. The number of halogens is 2. The Balaban J connectivity index is 2.18. The van der Waals surface area contributed by atoms with Gasteiger partial charge in [0.1, 0.15) is 18.2 Å². The molecule has 0 spiro atoms. The van der Waals surface area contributed by atoms with Crippen LogP contribution in [0.2, 0.25) is 10.0 Å². The van der Waals surface area contributed by atoms with Gasteiger partial charge in [-0.15, -0.1) is 0 Å². The van der Waals surface area contributed by atoms with E-state index in [4.69, 9.17) is 32.7 Å². The number of aromatic hydroxyl groups is 1. The standard InChI is InChI=1S/C41H53Cl2N3O8/c1-9-23(2)35-39(50)44-32(22-28-20-30(42)36(48)31(43)21-28)38(49)45-34(27(6)47)41(52)54-37(29-16-11-10-12-17-29)25(4)15-13-14-24(3)33(53-8)19-18-26(5)40(51)46(35)7/h10-18,20-21,23,25,27,32-35,37,47-48H,9,19,22H2,1-8H3,(H,44,50)(H,45,49)/b15-13+,24-14+,26-18+/t23-,25+,27+,32?,33+,34-,35-,37-/m0/s1. The van der Waals surface area contributed by atoms with Gasteiger partial charge in [-0.1, -0.05) is 105 Å². The Morgan fingerprint density at radius 3 is 2.22 bits per heavy atom. The van der Waals surface area contributed by atoms with Crippen molar-refractivity contribution in [1.82, 2.24) is 15.5 Å². The number of phenols is 1. The number of nitrogens with one attached hydrogen (secondary N) is 2. The summed E-state index contributed by atoms with van der Waals surface area (Å²) in [4.78, 5) is 57.4. The van der Waals surface area contributed by atoms with Crippen LogP contribution in [0, 0.1) is 11.8 Å². The summed E-state index contributed by atoms with van der Waals surface area (Å²) < 4.78 is 11.8. The van der Waals surface area contributed by atoms with E-state index in [2.05, 4.69) is 10.6 Å². The fourth-order valence-corrected chi connectivity index (χ4v) is 6.79. The van der Waals surface area contributed by atoms with Crippen molar-refractivity contribution in [2.75, 3.05) is 14.2 Å². The topological polar surface area (TPSA) is 155 Å². The van der Waals surface area contributed by atoms with Crippen LogP contribution in [0.25, 0.3) is 0 Å². The van der Waals surface area contributed by atoms with Crippen LogP contribution in [0.15, 0.2) is 77.9 Å². The first kappa shape index (κ1) is 44.2. The first-order chi connectivity index (χ1) is 25.5. The smallest absolute Gasteiger partial charge is 0.331 e. The lowest BCUT2D eigenvalue weighted by Gasteiger charge is -2.33. The van der Waals surface area contributed by atoms with Crippen molar-refractivity contribution in [3.63, 3.8) is 0 Å². The van der Waals surface area contributed by atoms with Crippen LogP contribution < -0.4 is 10.6 Å². The lowest BCUT2D eigenvalue weighted by Crippen LogP contribution is -2.59. The highest BCUT2D eigenvalue weighted by Crippen LogP contribution is 2.33. The van der Waals surface area contributed by atoms with Crippen molar-refractivity contribution in [3.8, 4) is 5.75 Å². The van der Waals surface area contributed by atoms with Gasteiger partial charge in [0.2, 0.25) is 17.7 Å². The number of likely N-dealkylation sites (N-methyl/N-ethyl adjacent to an activating group) is 1. The van der Waals surface area contributed by atoms with Crippen LogP contribution in [-0.4, -0.2) is 83.3 Å². The Hall–Kier alpha value is -4.16. The number of nitrogens with zero attached hydrogens (tertiary/aromatic N) is 1. The van der Waals surface area contributed by atoms with E-state index in [1.165, 1.54) is 31.0 Å². The van der Waals surface area contributed by atoms with Crippen molar-refractivity contribution in [2.24, 2.45) is 11.8 Å². The molecule has 4 N–H and O–H groups in total. The maximum atomic E-state index is 14.2. The number of allylic oxidation sites excluding steroid dienone is 2. The molecule has 11 nitrogen and oxygen atoms in total. The minimum absolute atomic E-state index is 0.0707. The van der Waals surface area contributed by atoms with Crippen LogP contribution >= 0.6 is 23.2 Å². The van der Waals surface area contributed by atoms with E-state index in [0.717, 1.165) is 5.57 Å². The number of carbonyl (C=O) groups is 4. The minimum atomic E-state index is -1.53. The molecule has 0 bridgehead atoms. The maximum Gasteiger partial charge on any atom is 0.331 e. The first-order valence-corrected chi connectivity index (χ1v) is 18.8. The molecule has 1 aliphatic heterocycles. The average Bonchev–Trinajstić information content (AvgIpc) is 3.13. The summed E-state index contributed by atoms with van der Waals surface area (Å²) >= 11 is 12.4. The van der Waals surface area contributed by atoms with Gasteiger partial charge in [0.15, 0.2) is 11.8 Å². The van der Waals surface area contributed by atoms with Gasteiger partial charge in [-0.3, -0.25) is 14.4 Å². The number of methoxy groups -OCH3 is 1. The molecule has 0 fully saturated rings. The predicted octanol–water partition coefficient (Wildman–Crippen LogP) is 6.25. The van der Waals surface area contributed by atoms with E-state index in [1.54, 1.807) is 20.1 Å². The van der Waals surface area contributed by atoms with Gasteiger partial charge in [-0.05, 0) is 61.9 Å². The molecule has 13 heteroatoms. The Morgan fingerprint density at radius 1 is 1.02 bits per heavy atom. The van der Waals surface area contributed by atoms with Crippen molar-refractivity contribution >= 4 is 46.9 Å². The average molecular weight is 787 g/mol. The van der Waals surface area contributed by atoms with Gasteiger partial charge in [0.25, 0.3) is 0 Å². The highest BCUT2D eigenvalue weighted by Gasteiger charge is 2.37. The molecule has 0 saturated carbocycles. The van der Waals surface area contributed by atoms with Gasteiger partial charge in [-0.25, -0.2) is 4.79 Å². The molecule has 294 valence electrons. The number of rotatable bonds is 7. The molecule has 0 aromatic heterocycles. The molecule has 1 unspecified atom stereocenters. The van der Waals surface area contributed by atoms with Gasteiger partial charge in [0.05, 0.1) is 22.3 Å². The van der Waals surface area contributed by atoms with Crippen LogP contribution in [-0.2, 0) is 35.1 Å². The van der Waals surface area contributed by atoms with Crippen LogP contribution in [0.4, 0.5) is 0 Å². The second-order valence-corrected chi connectivity index (χ2v) is 14.7. The lowest BCUT2D eigenvalue weighted by molar-refractivity contribution is -0.158. The van der Waals surface area contributed by atoms with Crippen molar-refractivity contribution in [2.45, 2.75) is 97.2 Å². The molecule has 3 rings (SSSR count). The van der Waals surface area contributed by atoms with Crippen molar-refractivity contribution < 1.29 is 38.9 Å². The molecule has 0 radical (unpaired) electrons. The number of aliphatic hydroxyl groups excluding tert-OH is 1. The van der Waals surface area contributed by atoms with E-state index >= 15 is 0 Å². The van der Waals surface area contributed by atoms with E-state index in [9.17, 15) is 29.4 Å². The number of ether oxygens (including phenoxy) is 2. The molecule has 0 saturated heterocycles. The highest BCUT2D eigenvalue weighted by molar-refractivity contribution is 6.37. The summed E-state index contributed by atoms with van der Waals surface area (Å²) in [5, 5.41) is 26.2. The Bertz CT molecular complexity index is 1700. The number of amides is 3. The normalized spacial score (nSPS) is 27.9. The molecule has 1 heterocycles. The van der Waals surface area contributed by atoms with E-state index in [0.29, 0.717) is 29.5 Å². The zero-order chi connectivity index (χ0) is 40.3. The third-order valence-corrected chi connectivity index (χ3v) is 10.3. The summed E-state index contributed by atoms with van der Waals surface area (Å²) in [6.07, 6.45) is 5.59. The zero-order valence-electron chi connectivity index (χ0n) is 32.1. The number of aliphatic hydroxyl groups is 1. The number of phenolic OH excluding ortho intramolecular Hbond substituents is 1. The summed E-state index contributed by atoms with van der Waals surface area (Å²) in [5.74, 6) is -3.76.